The molecule has 0 amide bonds. The van der Waals surface area contributed by atoms with Gasteiger partial charge in [0.15, 0.2) is 0 Å². The molecule has 0 bridgehead atoms. The van der Waals surface area contributed by atoms with Crippen LogP contribution in [0.4, 0.5) is 5.69 Å². The molecule has 3 nitrogen and oxygen atoms in total. The highest BCUT2D eigenvalue weighted by Gasteiger charge is 2.02. The van der Waals surface area contributed by atoms with E-state index in [2.05, 4.69) is 4.52 Å². The summed E-state index contributed by atoms with van der Waals surface area (Å²) in [6.45, 7) is 0. The Labute approximate surface area is 66.8 Å². The highest BCUT2D eigenvalue weighted by molar-refractivity contribution is 7.10. The van der Waals surface area contributed by atoms with Crippen LogP contribution in [0.5, 0.6) is 0 Å². The second kappa shape index (κ2) is 3.35. The number of carbonyl (C=O) groups is 1. The molecule has 1 aromatic carbocycles. The smallest absolute Gasteiger partial charge is 0.340 e. The van der Waals surface area contributed by atoms with Crippen molar-refractivity contribution in [1.82, 2.24) is 0 Å². The Morgan fingerprint density at radius 3 is 2.36 bits per heavy atom. The van der Waals surface area contributed by atoms with Crippen LogP contribution in [0.25, 0.3) is 0 Å². The van der Waals surface area contributed by atoms with Gasteiger partial charge in [0.2, 0.25) is 0 Å². The van der Waals surface area contributed by atoms with Gasteiger partial charge in [-0.05, 0) is 24.3 Å². The molecule has 0 aliphatic carbocycles. The fraction of sp³-hybridized carbons (Fsp3) is 0. The van der Waals surface area contributed by atoms with Crippen molar-refractivity contribution in [3.05, 3.63) is 29.8 Å². The Kier molecular flexibility index (Phi) is 2.44. The van der Waals surface area contributed by atoms with Gasteiger partial charge < -0.3 is 10.3 Å². The number of benzene rings is 1. The fourth-order valence-electron chi connectivity index (χ4n) is 0.687. The van der Waals surface area contributed by atoms with E-state index in [1.807, 2.05) is 9.47 Å². The highest BCUT2D eigenvalue weighted by Crippen LogP contribution is 2.07. The van der Waals surface area contributed by atoms with E-state index in [0.29, 0.717) is 11.3 Å². The van der Waals surface area contributed by atoms with Crippen molar-refractivity contribution in [1.29, 1.82) is 0 Å². The molecule has 0 saturated heterocycles. The summed E-state index contributed by atoms with van der Waals surface area (Å²) in [6.07, 6.45) is 0. The highest BCUT2D eigenvalue weighted by atomic mass is 31.0. The lowest BCUT2D eigenvalue weighted by atomic mass is 10.2. The first-order chi connectivity index (χ1) is 5.24. The lowest BCUT2D eigenvalue weighted by molar-refractivity contribution is 0.0765. The van der Waals surface area contributed by atoms with Gasteiger partial charge >= 0.3 is 5.97 Å². The maximum absolute atomic E-state index is 10.8. The summed E-state index contributed by atoms with van der Waals surface area (Å²) < 4.78 is 4.41. The topological polar surface area (TPSA) is 52.3 Å². The molecule has 1 atom stereocenters. The van der Waals surface area contributed by atoms with Crippen LogP contribution in [0.15, 0.2) is 24.3 Å². The van der Waals surface area contributed by atoms with Crippen molar-refractivity contribution in [3.63, 3.8) is 0 Å². The lowest BCUT2D eigenvalue weighted by Crippen LogP contribution is -1.97. The Morgan fingerprint density at radius 2 is 1.91 bits per heavy atom. The zero-order chi connectivity index (χ0) is 8.27. The van der Waals surface area contributed by atoms with E-state index >= 15 is 0 Å². The summed E-state index contributed by atoms with van der Waals surface area (Å²) in [5, 5.41) is 0. The largest absolute Gasteiger partial charge is 0.448 e. The Bertz CT molecular complexity index is 258. The predicted molar refractivity (Wildman–Crippen MR) is 46.0 cm³/mol. The number of nitrogen functional groups attached to an aromatic ring is 1. The van der Waals surface area contributed by atoms with Crippen LogP contribution < -0.4 is 5.73 Å². The minimum atomic E-state index is -0.380. The van der Waals surface area contributed by atoms with Crippen molar-refractivity contribution < 1.29 is 9.32 Å². The van der Waals surface area contributed by atoms with Gasteiger partial charge in [0.1, 0.15) is 0 Å². The van der Waals surface area contributed by atoms with Crippen LogP contribution in [-0.4, -0.2) is 5.97 Å². The number of rotatable bonds is 1. The SMILES string of the molecule is Nc1ccc(C(=O)OP)cc1. The van der Waals surface area contributed by atoms with Gasteiger partial charge in [-0.15, -0.1) is 0 Å². The van der Waals surface area contributed by atoms with E-state index in [-0.39, 0.29) is 5.97 Å². The van der Waals surface area contributed by atoms with Crippen molar-refractivity contribution in [3.8, 4) is 0 Å². The van der Waals surface area contributed by atoms with Crippen LogP contribution in [0.2, 0.25) is 0 Å². The fourth-order valence-corrected chi connectivity index (χ4v) is 0.823. The number of hydrogen-bond acceptors (Lipinski definition) is 3. The first kappa shape index (κ1) is 8.02. The first-order valence-electron chi connectivity index (χ1n) is 3.00. The maximum atomic E-state index is 10.8. The number of nitrogens with two attached hydrogens (primary N) is 1. The molecule has 0 saturated carbocycles. The van der Waals surface area contributed by atoms with Gasteiger partial charge in [0, 0.05) is 5.69 Å². The van der Waals surface area contributed by atoms with Crippen molar-refractivity contribution in [2.75, 3.05) is 5.73 Å². The molecular formula is C7H8NO2P. The van der Waals surface area contributed by atoms with Gasteiger partial charge in [-0.1, -0.05) is 0 Å². The van der Waals surface area contributed by atoms with Crippen LogP contribution >= 0.6 is 9.47 Å². The predicted octanol–water partition coefficient (Wildman–Crippen LogP) is 1.22. The summed E-state index contributed by atoms with van der Waals surface area (Å²) >= 11 is 0. The number of carbonyl (C=O) groups excluding carboxylic acids is 1. The standard InChI is InChI=1S/C7H8NO2P/c8-6-3-1-5(2-4-6)7(9)10-11/h1-4H,8,11H2. The van der Waals surface area contributed by atoms with Crippen molar-refractivity contribution >= 4 is 21.1 Å². The second-order valence-electron chi connectivity index (χ2n) is 2.03. The van der Waals surface area contributed by atoms with E-state index in [0.717, 1.165) is 0 Å². The molecule has 0 aromatic heterocycles. The normalized spacial score (nSPS) is 9.18. The Hall–Kier alpha value is -1.08. The van der Waals surface area contributed by atoms with E-state index in [9.17, 15) is 4.79 Å². The third-order valence-corrected chi connectivity index (χ3v) is 1.47. The molecular weight excluding hydrogens is 161 g/mol. The van der Waals surface area contributed by atoms with E-state index in [1.165, 1.54) is 0 Å². The number of anilines is 1. The molecule has 1 rings (SSSR count). The number of hydrogen-bond donors (Lipinski definition) is 1. The van der Waals surface area contributed by atoms with Crippen LogP contribution in [0, 0.1) is 0 Å². The molecule has 4 heteroatoms. The molecule has 58 valence electrons. The van der Waals surface area contributed by atoms with Crippen LogP contribution in [-0.2, 0) is 4.52 Å². The second-order valence-corrected chi connectivity index (χ2v) is 2.26. The summed E-state index contributed by atoms with van der Waals surface area (Å²) in [7, 11) is 1.90. The van der Waals surface area contributed by atoms with E-state index < -0.39 is 0 Å². The Balaban J connectivity index is 2.90. The minimum Gasteiger partial charge on any atom is -0.448 e. The summed E-state index contributed by atoms with van der Waals surface area (Å²) in [6, 6.07) is 6.53. The zero-order valence-electron chi connectivity index (χ0n) is 5.78. The van der Waals surface area contributed by atoms with E-state index in [1.54, 1.807) is 24.3 Å². The van der Waals surface area contributed by atoms with Gasteiger partial charge in [0.25, 0.3) is 0 Å². The van der Waals surface area contributed by atoms with Crippen LogP contribution in [0.3, 0.4) is 0 Å². The average Bonchev–Trinajstić information content (AvgIpc) is 2.05. The molecule has 0 radical (unpaired) electrons. The maximum Gasteiger partial charge on any atom is 0.340 e. The van der Waals surface area contributed by atoms with Crippen molar-refractivity contribution in [2.24, 2.45) is 0 Å². The third-order valence-electron chi connectivity index (χ3n) is 1.25. The monoisotopic (exact) mass is 169 g/mol. The average molecular weight is 169 g/mol. The molecule has 0 fully saturated rings. The summed E-state index contributed by atoms with van der Waals surface area (Å²) in [4.78, 5) is 10.8. The van der Waals surface area contributed by atoms with Gasteiger partial charge in [-0.2, -0.15) is 0 Å². The molecule has 1 aromatic rings. The molecule has 0 aliphatic rings. The summed E-state index contributed by atoms with van der Waals surface area (Å²) in [5.74, 6) is -0.380. The van der Waals surface area contributed by atoms with Crippen molar-refractivity contribution in [2.45, 2.75) is 0 Å². The lowest BCUT2D eigenvalue weighted by Gasteiger charge is -1.97. The van der Waals surface area contributed by atoms with Gasteiger partial charge in [-0.3, -0.25) is 0 Å². The third kappa shape index (κ3) is 1.92. The quantitative estimate of drug-likeness (QED) is 0.507. The molecule has 1 unspecified atom stereocenters. The van der Waals surface area contributed by atoms with Gasteiger partial charge in [0.05, 0.1) is 15.0 Å². The summed E-state index contributed by atoms with van der Waals surface area (Å²) in [5.41, 5.74) is 6.54. The van der Waals surface area contributed by atoms with Gasteiger partial charge in [-0.25, -0.2) is 4.79 Å². The molecule has 0 spiro atoms. The zero-order valence-corrected chi connectivity index (χ0v) is 6.94. The Morgan fingerprint density at radius 1 is 1.36 bits per heavy atom. The minimum absolute atomic E-state index is 0.380. The molecule has 0 heterocycles. The van der Waals surface area contributed by atoms with Crippen LogP contribution in [0.1, 0.15) is 10.4 Å². The molecule has 11 heavy (non-hydrogen) atoms. The molecule has 0 aliphatic heterocycles. The van der Waals surface area contributed by atoms with E-state index in [4.69, 9.17) is 5.73 Å². The first-order valence-corrected chi connectivity index (χ1v) is 3.48. The molecule has 2 N–H and O–H groups in total.